The van der Waals surface area contributed by atoms with Crippen molar-refractivity contribution in [1.29, 1.82) is 0 Å². The quantitative estimate of drug-likeness (QED) is 0.836. The Labute approximate surface area is 113 Å². The van der Waals surface area contributed by atoms with E-state index in [2.05, 4.69) is 4.90 Å². The van der Waals surface area contributed by atoms with Crippen LogP contribution in [0.15, 0.2) is 24.3 Å². The number of nitrogens with zero attached hydrogens (tertiary/aromatic N) is 1. The number of benzene rings is 1. The Bertz CT molecular complexity index is 454. The molecule has 1 spiro atoms. The van der Waals surface area contributed by atoms with Crippen molar-refractivity contribution >= 4 is 0 Å². The lowest BCUT2D eigenvalue weighted by molar-refractivity contribution is 0.00628. The van der Waals surface area contributed by atoms with Crippen LogP contribution in [0.3, 0.4) is 0 Å². The fourth-order valence-corrected chi connectivity index (χ4v) is 3.17. The lowest BCUT2D eigenvalue weighted by Gasteiger charge is -2.23. The zero-order valence-electron chi connectivity index (χ0n) is 11.3. The topological polar surface area (TPSA) is 21.7 Å². The first-order valence-corrected chi connectivity index (χ1v) is 6.83. The molecule has 3 nitrogen and oxygen atoms in total. The van der Waals surface area contributed by atoms with Gasteiger partial charge >= 0.3 is 0 Å². The SMILES string of the molecule is CO[C@H]1CO[C@@]2(CCN(Cc3ccccc3F)C2)C1. The molecule has 0 radical (unpaired) electrons. The van der Waals surface area contributed by atoms with Gasteiger partial charge in [0.05, 0.1) is 18.3 Å². The third kappa shape index (κ3) is 2.66. The van der Waals surface area contributed by atoms with Crippen LogP contribution in [0.4, 0.5) is 4.39 Å². The smallest absolute Gasteiger partial charge is 0.127 e. The molecule has 2 heterocycles. The predicted molar refractivity (Wildman–Crippen MR) is 70.4 cm³/mol. The average Bonchev–Trinajstić information content (AvgIpc) is 3.00. The van der Waals surface area contributed by atoms with E-state index in [-0.39, 0.29) is 17.5 Å². The second-order valence-electron chi connectivity index (χ2n) is 5.61. The number of methoxy groups -OCH3 is 1. The molecule has 104 valence electrons. The van der Waals surface area contributed by atoms with Gasteiger partial charge in [0, 0.05) is 38.7 Å². The third-order valence-corrected chi connectivity index (χ3v) is 4.26. The lowest BCUT2D eigenvalue weighted by atomic mass is 9.98. The fraction of sp³-hybridized carbons (Fsp3) is 0.600. The van der Waals surface area contributed by atoms with Crippen LogP contribution in [0, 0.1) is 5.82 Å². The summed E-state index contributed by atoms with van der Waals surface area (Å²) in [6, 6.07) is 6.99. The predicted octanol–water partition coefficient (Wildman–Crippen LogP) is 2.21. The molecule has 2 aliphatic rings. The minimum atomic E-state index is -0.120. The van der Waals surface area contributed by atoms with Gasteiger partial charge in [-0.3, -0.25) is 4.90 Å². The summed E-state index contributed by atoms with van der Waals surface area (Å²) < 4.78 is 25.0. The monoisotopic (exact) mass is 265 g/mol. The van der Waals surface area contributed by atoms with Gasteiger partial charge in [-0.25, -0.2) is 4.39 Å². The molecule has 2 fully saturated rings. The Kier molecular flexibility index (Phi) is 3.56. The van der Waals surface area contributed by atoms with E-state index in [4.69, 9.17) is 9.47 Å². The van der Waals surface area contributed by atoms with Crippen molar-refractivity contribution in [3.8, 4) is 0 Å². The zero-order chi connectivity index (χ0) is 13.3. The first kappa shape index (κ1) is 13.0. The molecule has 0 bridgehead atoms. The van der Waals surface area contributed by atoms with Gasteiger partial charge in [0.1, 0.15) is 5.82 Å². The largest absolute Gasteiger partial charge is 0.379 e. The van der Waals surface area contributed by atoms with Crippen LogP contribution in [-0.2, 0) is 16.0 Å². The molecule has 0 unspecified atom stereocenters. The summed E-state index contributed by atoms with van der Waals surface area (Å²) in [6.45, 7) is 3.19. The molecule has 0 amide bonds. The van der Waals surface area contributed by atoms with Crippen LogP contribution < -0.4 is 0 Å². The molecule has 2 saturated heterocycles. The Morgan fingerprint density at radius 2 is 2.32 bits per heavy atom. The number of rotatable bonds is 3. The highest BCUT2D eigenvalue weighted by Gasteiger charge is 2.45. The van der Waals surface area contributed by atoms with E-state index in [1.807, 2.05) is 12.1 Å². The standard InChI is InChI=1S/C15H20FNO2/c1-18-13-8-15(19-10-13)6-7-17(11-15)9-12-4-2-3-5-14(12)16/h2-5,13H,6-11H2,1H3/t13-,15+/m1/s1. The normalized spacial score (nSPS) is 31.4. The van der Waals surface area contributed by atoms with Gasteiger partial charge in [-0.2, -0.15) is 0 Å². The van der Waals surface area contributed by atoms with Gasteiger partial charge in [-0.15, -0.1) is 0 Å². The fourth-order valence-electron chi connectivity index (χ4n) is 3.17. The molecule has 2 atom stereocenters. The summed E-state index contributed by atoms with van der Waals surface area (Å²) in [6.07, 6.45) is 2.19. The van der Waals surface area contributed by atoms with E-state index in [1.54, 1.807) is 13.2 Å². The third-order valence-electron chi connectivity index (χ3n) is 4.26. The highest BCUT2D eigenvalue weighted by Crippen LogP contribution is 2.36. The van der Waals surface area contributed by atoms with Gasteiger partial charge in [-0.1, -0.05) is 18.2 Å². The van der Waals surface area contributed by atoms with Crippen molar-refractivity contribution in [1.82, 2.24) is 4.90 Å². The molecule has 0 N–H and O–H groups in total. The highest BCUT2D eigenvalue weighted by molar-refractivity contribution is 5.17. The maximum atomic E-state index is 13.7. The van der Waals surface area contributed by atoms with Gasteiger partial charge < -0.3 is 9.47 Å². The minimum Gasteiger partial charge on any atom is -0.379 e. The molecule has 1 aromatic carbocycles. The number of hydrogen-bond acceptors (Lipinski definition) is 3. The van der Waals surface area contributed by atoms with Crippen LogP contribution in [0.2, 0.25) is 0 Å². The molecule has 2 aliphatic heterocycles. The van der Waals surface area contributed by atoms with E-state index in [1.165, 1.54) is 6.07 Å². The summed E-state index contributed by atoms with van der Waals surface area (Å²) in [4.78, 5) is 2.27. The van der Waals surface area contributed by atoms with Crippen molar-refractivity contribution < 1.29 is 13.9 Å². The molecule has 0 aliphatic carbocycles. The van der Waals surface area contributed by atoms with E-state index in [9.17, 15) is 4.39 Å². The second kappa shape index (κ2) is 5.19. The van der Waals surface area contributed by atoms with Crippen molar-refractivity contribution in [2.75, 3.05) is 26.8 Å². The summed E-state index contributed by atoms with van der Waals surface area (Å²) in [7, 11) is 1.74. The summed E-state index contributed by atoms with van der Waals surface area (Å²) in [5.41, 5.74) is 0.701. The maximum absolute atomic E-state index is 13.7. The first-order valence-electron chi connectivity index (χ1n) is 6.83. The molecule has 4 heteroatoms. The Hall–Kier alpha value is -0.970. The number of ether oxygens (including phenoxy) is 2. The summed E-state index contributed by atoms with van der Waals surface area (Å²) in [5.74, 6) is -0.120. The highest BCUT2D eigenvalue weighted by atomic mass is 19.1. The van der Waals surface area contributed by atoms with Crippen molar-refractivity contribution in [2.45, 2.75) is 31.1 Å². The van der Waals surface area contributed by atoms with Gasteiger partial charge in [0.2, 0.25) is 0 Å². The summed E-state index contributed by atoms with van der Waals surface area (Å²) >= 11 is 0. The molecule has 0 aromatic heterocycles. The Balaban J connectivity index is 1.62. The van der Waals surface area contributed by atoms with E-state index < -0.39 is 0 Å². The molecule has 0 saturated carbocycles. The van der Waals surface area contributed by atoms with Crippen molar-refractivity contribution in [3.63, 3.8) is 0 Å². The van der Waals surface area contributed by atoms with E-state index in [0.29, 0.717) is 13.2 Å². The number of hydrogen-bond donors (Lipinski definition) is 0. The van der Waals surface area contributed by atoms with Crippen LogP contribution >= 0.6 is 0 Å². The number of likely N-dealkylation sites (tertiary alicyclic amines) is 1. The van der Waals surface area contributed by atoms with Crippen LogP contribution in [0.1, 0.15) is 18.4 Å². The van der Waals surface area contributed by atoms with Crippen molar-refractivity contribution in [2.24, 2.45) is 0 Å². The molecular weight excluding hydrogens is 245 g/mol. The average molecular weight is 265 g/mol. The maximum Gasteiger partial charge on any atom is 0.127 e. The first-order chi connectivity index (χ1) is 9.21. The Morgan fingerprint density at radius 1 is 1.47 bits per heavy atom. The van der Waals surface area contributed by atoms with Gasteiger partial charge in [0.25, 0.3) is 0 Å². The molecule has 19 heavy (non-hydrogen) atoms. The van der Waals surface area contributed by atoms with Gasteiger partial charge in [-0.05, 0) is 12.5 Å². The van der Waals surface area contributed by atoms with Crippen LogP contribution in [0.5, 0.6) is 0 Å². The lowest BCUT2D eigenvalue weighted by Crippen LogP contribution is -2.33. The Morgan fingerprint density at radius 3 is 3.05 bits per heavy atom. The van der Waals surface area contributed by atoms with E-state index in [0.717, 1.165) is 31.5 Å². The van der Waals surface area contributed by atoms with E-state index >= 15 is 0 Å². The number of halogens is 1. The minimum absolute atomic E-state index is 0.0636. The zero-order valence-corrected chi connectivity index (χ0v) is 11.3. The van der Waals surface area contributed by atoms with Crippen LogP contribution in [0.25, 0.3) is 0 Å². The molecular formula is C15H20FNO2. The second-order valence-corrected chi connectivity index (χ2v) is 5.61. The molecule has 1 aromatic rings. The van der Waals surface area contributed by atoms with Gasteiger partial charge in [0.15, 0.2) is 0 Å². The summed E-state index contributed by atoms with van der Waals surface area (Å²) in [5, 5.41) is 0. The van der Waals surface area contributed by atoms with Crippen molar-refractivity contribution in [3.05, 3.63) is 35.6 Å². The van der Waals surface area contributed by atoms with Crippen LogP contribution in [-0.4, -0.2) is 43.4 Å². The molecule has 3 rings (SSSR count).